The van der Waals surface area contributed by atoms with Gasteiger partial charge in [-0.3, -0.25) is 0 Å². The first-order valence-corrected chi connectivity index (χ1v) is 3.77. The minimum atomic E-state index is 0.486. The second kappa shape index (κ2) is 3.24. The largest absolute Gasteiger partial charge is 0.0648 e. The minimum Gasteiger partial charge on any atom is -0.0648 e. The van der Waals surface area contributed by atoms with Crippen molar-refractivity contribution in [1.29, 1.82) is 0 Å². The van der Waals surface area contributed by atoms with Crippen molar-refractivity contribution in [3.05, 3.63) is 5.92 Å². The highest BCUT2D eigenvalue weighted by Crippen LogP contribution is 2.26. The van der Waals surface area contributed by atoms with Crippen LogP contribution in [0.15, 0.2) is 0 Å². The Morgan fingerprint density at radius 2 is 1.67 bits per heavy atom. The molecule has 0 amide bonds. The van der Waals surface area contributed by atoms with Gasteiger partial charge in [0, 0.05) is 0 Å². The standard InChI is InChI=1S/C9H19/c1-6-8(2)7-9(3,4)5/h6-7H2,1-5H3. The van der Waals surface area contributed by atoms with Gasteiger partial charge in [-0.15, -0.1) is 0 Å². The number of hydrogen-bond donors (Lipinski definition) is 0. The predicted octanol–water partition coefficient (Wildman–Crippen LogP) is 3.43. The molecule has 0 aromatic heterocycles. The maximum Gasteiger partial charge on any atom is -0.0269 e. The van der Waals surface area contributed by atoms with Gasteiger partial charge in [-0.05, 0) is 17.8 Å². The Hall–Kier alpha value is 0. The summed E-state index contributed by atoms with van der Waals surface area (Å²) in [5, 5.41) is 0. The molecule has 0 rings (SSSR count). The molecule has 0 nitrogen and oxygen atoms in total. The van der Waals surface area contributed by atoms with E-state index in [4.69, 9.17) is 0 Å². The van der Waals surface area contributed by atoms with Gasteiger partial charge in [-0.2, -0.15) is 0 Å². The Kier molecular flexibility index (Phi) is 3.24. The van der Waals surface area contributed by atoms with Crippen molar-refractivity contribution < 1.29 is 0 Å². The molecule has 0 bridgehead atoms. The molecule has 1 radical (unpaired) electrons. The van der Waals surface area contributed by atoms with Crippen LogP contribution in [0.25, 0.3) is 0 Å². The van der Waals surface area contributed by atoms with Crippen LogP contribution >= 0.6 is 0 Å². The summed E-state index contributed by atoms with van der Waals surface area (Å²) in [6, 6.07) is 0. The van der Waals surface area contributed by atoms with E-state index in [0.29, 0.717) is 5.41 Å². The van der Waals surface area contributed by atoms with E-state index in [2.05, 4.69) is 34.6 Å². The van der Waals surface area contributed by atoms with Gasteiger partial charge >= 0.3 is 0 Å². The summed E-state index contributed by atoms with van der Waals surface area (Å²) in [5.74, 6) is 1.61. The summed E-state index contributed by atoms with van der Waals surface area (Å²) >= 11 is 0. The van der Waals surface area contributed by atoms with E-state index in [1.807, 2.05) is 0 Å². The van der Waals surface area contributed by atoms with E-state index in [1.165, 1.54) is 12.8 Å². The third kappa shape index (κ3) is 5.88. The van der Waals surface area contributed by atoms with E-state index < -0.39 is 0 Å². The normalized spacial score (nSPS) is 12.7. The molecular formula is C9H19. The maximum atomic E-state index is 2.28. The lowest BCUT2D eigenvalue weighted by molar-refractivity contribution is 0.382. The van der Waals surface area contributed by atoms with Crippen LogP contribution in [0, 0.1) is 11.3 Å². The summed E-state index contributed by atoms with van der Waals surface area (Å²) in [7, 11) is 0. The van der Waals surface area contributed by atoms with Crippen molar-refractivity contribution in [2.24, 2.45) is 5.41 Å². The van der Waals surface area contributed by atoms with Gasteiger partial charge in [-0.1, -0.05) is 41.0 Å². The molecule has 0 aromatic rings. The molecule has 0 N–H and O–H groups in total. The van der Waals surface area contributed by atoms with Crippen LogP contribution < -0.4 is 0 Å². The minimum absolute atomic E-state index is 0.486. The monoisotopic (exact) mass is 127 g/mol. The van der Waals surface area contributed by atoms with Crippen LogP contribution in [0.4, 0.5) is 0 Å². The maximum absolute atomic E-state index is 2.28. The van der Waals surface area contributed by atoms with Gasteiger partial charge in [0.05, 0.1) is 0 Å². The topological polar surface area (TPSA) is 0 Å². The van der Waals surface area contributed by atoms with Gasteiger partial charge in [0.1, 0.15) is 0 Å². The first kappa shape index (κ1) is 9.00. The van der Waals surface area contributed by atoms with Crippen LogP contribution in [-0.4, -0.2) is 0 Å². The molecule has 55 valence electrons. The highest BCUT2D eigenvalue weighted by molar-refractivity contribution is 4.86. The Balaban J connectivity index is 3.47. The van der Waals surface area contributed by atoms with Crippen molar-refractivity contribution in [1.82, 2.24) is 0 Å². The Bertz CT molecular complexity index is 66.6. The average molecular weight is 127 g/mol. The third-order valence-electron chi connectivity index (χ3n) is 1.44. The van der Waals surface area contributed by atoms with Gasteiger partial charge in [-0.25, -0.2) is 0 Å². The zero-order valence-corrected chi connectivity index (χ0v) is 7.41. The molecule has 0 saturated carbocycles. The van der Waals surface area contributed by atoms with Gasteiger partial charge < -0.3 is 0 Å². The lowest BCUT2D eigenvalue weighted by Crippen LogP contribution is -2.08. The molecule has 0 fully saturated rings. The fourth-order valence-electron chi connectivity index (χ4n) is 1.03. The molecule has 0 atom stereocenters. The van der Waals surface area contributed by atoms with E-state index in [9.17, 15) is 0 Å². The second-order valence-electron chi connectivity index (χ2n) is 4.05. The molecule has 0 heteroatoms. The summed E-state index contributed by atoms with van der Waals surface area (Å²) in [4.78, 5) is 0. The van der Waals surface area contributed by atoms with Crippen molar-refractivity contribution in [3.8, 4) is 0 Å². The van der Waals surface area contributed by atoms with Crippen LogP contribution in [0.3, 0.4) is 0 Å². The molecule has 0 saturated heterocycles. The van der Waals surface area contributed by atoms with Crippen LogP contribution in [0.1, 0.15) is 47.5 Å². The molecule has 0 aromatic carbocycles. The average Bonchev–Trinajstić information content (AvgIpc) is 1.62. The molecule has 0 aliphatic rings. The lowest BCUT2D eigenvalue weighted by Gasteiger charge is -2.21. The van der Waals surface area contributed by atoms with Crippen molar-refractivity contribution in [2.45, 2.75) is 47.5 Å². The van der Waals surface area contributed by atoms with E-state index in [-0.39, 0.29) is 0 Å². The first-order chi connectivity index (χ1) is 3.95. The summed E-state index contributed by atoms with van der Waals surface area (Å²) in [5.41, 5.74) is 0.486. The van der Waals surface area contributed by atoms with E-state index in [1.54, 1.807) is 5.92 Å². The Labute approximate surface area is 59.7 Å². The summed E-state index contributed by atoms with van der Waals surface area (Å²) in [6.45, 7) is 11.3. The predicted molar refractivity (Wildman–Crippen MR) is 43.3 cm³/mol. The molecule has 0 spiro atoms. The zero-order valence-electron chi connectivity index (χ0n) is 7.41. The summed E-state index contributed by atoms with van der Waals surface area (Å²) in [6.07, 6.45) is 2.50. The highest BCUT2D eigenvalue weighted by atomic mass is 14.2. The number of rotatable bonds is 2. The van der Waals surface area contributed by atoms with E-state index >= 15 is 0 Å². The van der Waals surface area contributed by atoms with Gasteiger partial charge in [0.15, 0.2) is 0 Å². The van der Waals surface area contributed by atoms with Gasteiger partial charge in [0.25, 0.3) is 0 Å². The molecular weight excluding hydrogens is 108 g/mol. The summed E-state index contributed by atoms with van der Waals surface area (Å²) < 4.78 is 0. The molecule has 9 heavy (non-hydrogen) atoms. The van der Waals surface area contributed by atoms with Crippen LogP contribution in [0.5, 0.6) is 0 Å². The molecule has 0 aliphatic heterocycles. The fourth-order valence-corrected chi connectivity index (χ4v) is 1.03. The van der Waals surface area contributed by atoms with Crippen molar-refractivity contribution >= 4 is 0 Å². The SMILES string of the molecule is CC[C](C)CC(C)(C)C. The molecule has 0 aliphatic carbocycles. The molecule has 0 heterocycles. The van der Waals surface area contributed by atoms with Crippen LogP contribution in [0.2, 0.25) is 0 Å². The zero-order chi connectivity index (χ0) is 7.49. The first-order valence-electron chi connectivity index (χ1n) is 3.77. The van der Waals surface area contributed by atoms with Gasteiger partial charge in [0.2, 0.25) is 0 Å². The van der Waals surface area contributed by atoms with E-state index in [0.717, 1.165) is 0 Å². The molecule has 0 unspecified atom stereocenters. The lowest BCUT2D eigenvalue weighted by atomic mass is 9.84. The fraction of sp³-hybridized carbons (Fsp3) is 0.889. The third-order valence-corrected chi connectivity index (χ3v) is 1.44. The number of hydrogen-bond acceptors (Lipinski definition) is 0. The Morgan fingerprint density at radius 3 is 1.78 bits per heavy atom. The smallest absolute Gasteiger partial charge is 0.0269 e. The quantitative estimate of drug-likeness (QED) is 0.533. The van der Waals surface area contributed by atoms with Crippen LogP contribution in [-0.2, 0) is 0 Å². The van der Waals surface area contributed by atoms with Crippen molar-refractivity contribution in [2.75, 3.05) is 0 Å². The van der Waals surface area contributed by atoms with Crippen molar-refractivity contribution in [3.63, 3.8) is 0 Å². The highest BCUT2D eigenvalue weighted by Gasteiger charge is 2.13. The Morgan fingerprint density at radius 1 is 1.22 bits per heavy atom. The second-order valence-corrected chi connectivity index (χ2v) is 4.05.